The van der Waals surface area contributed by atoms with Crippen molar-refractivity contribution in [3.8, 4) is 11.3 Å². The van der Waals surface area contributed by atoms with Gasteiger partial charge in [-0.1, -0.05) is 24.3 Å². The van der Waals surface area contributed by atoms with Crippen molar-refractivity contribution in [2.75, 3.05) is 18.4 Å². The van der Waals surface area contributed by atoms with Crippen LogP contribution in [0.4, 0.5) is 5.95 Å². The molecule has 2 aromatic rings. The minimum atomic E-state index is 0.567. The maximum atomic E-state index is 5.43. The number of nitrogens with two attached hydrogens (primary N) is 1. The smallest absolute Gasteiger partial charge is 0.223 e. The Morgan fingerprint density at radius 2 is 2.06 bits per heavy atom. The first-order chi connectivity index (χ1) is 8.31. The second-order valence-corrected chi connectivity index (χ2v) is 3.80. The lowest BCUT2D eigenvalue weighted by atomic mass is 10.1. The van der Waals surface area contributed by atoms with Crippen molar-refractivity contribution in [3.05, 3.63) is 42.1 Å². The van der Waals surface area contributed by atoms with Crippen LogP contribution in [-0.4, -0.2) is 23.1 Å². The van der Waals surface area contributed by atoms with Crippen molar-refractivity contribution in [2.24, 2.45) is 5.73 Å². The number of nitrogens with one attached hydrogen (secondary N) is 1. The van der Waals surface area contributed by atoms with Gasteiger partial charge in [0.15, 0.2) is 0 Å². The Morgan fingerprint density at radius 3 is 2.82 bits per heavy atom. The highest BCUT2D eigenvalue weighted by atomic mass is 15.1. The number of aromatic nitrogens is 2. The van der Waals surface area contributed by atoms with E-state index < -0.39 is 0 Å². The highest BCUT2D eigenvalue weighted by Gasteiger charge is 2.03. The Hall–Kier alpha value is -1.94. The first kappa shape index (κ1) is 11.5. The monoisotopic (exact) mass is 228 g/mol. The predicted octanol–water partition coefficient (Wildman–Crippen LogP) is 1.82. The van der Waals surface area contributed by atoms with Crippen molar-refractivity contribution in [2.45, 2.75) is 6.92 Å². The number of hydrogen-bond donors (Lipinski definition) is 2. The molecule has 4 nitrogen and oxygen atoms in total. The number of aryl methyl sites for hydroxylation is 1. The Bertz CT molecular complexity index is 496. The molecular weight excluding hydrogens is 212 g/mol. The number of benzene rings is 1. The molecule has 88 valence electrons. The van der Waals surface area contributed by atoms with Gasteiger partial charge in [0.25, 0.3) is 0 Å². The average molecular weight is 228 g/mol. The Labute approximate surface area is 101 Å². The van der Waals surface area contributed by atoms with E-state index in [-0.39, 0.29) is 0 Å². The first-order valence-corrected chi connectivity index (χ1v) is 5.64. The van der Waals surface area contributed by atoms with Crippen LogP contribution in [0.25, 0.3) is 11.3 Å². The molecule has 0 fully saturated rings. The molecule has 1 aromatic carbocycles. The fourth-order valence-electron chi connectivity index (χ4n) is 1.64. The number of rotatable bonds is 4. The summed E-state index contributed by atoms with van der Waals surface area (Å²) in [4.78, 5) is 8.62. The molecular formula is C13H16N4. The van der Waals surface area contributed by atoms with Gasteiger partial charge in [0, 0.05) is 24.8 Å². The van der Waals surface area contributed by atoms with Crippen LogP contribution in [0.15, 0.2) is 36.5 Å². The van der Waals surface area contributed by atoms with Crippen molar-refractivity contribution in [1.82, 2.24) is 9.97 Å². The van der Waals surface area contributed by atoms with E-state index in [1.54, 1.807) is 6.20 Å². The zero-order chi connectivity index (χ0) is 12.1. The zero-order valence-corrected chi connectivity index (χ0v) is 9.85. The van der Waals surface area contributed by atoms with E-state index in [9.17, 15) is 0 Å². The lowest BCUT2D eigenvalue weighted by molar-refractivity contribution is 0.990. The van der Waals surface area contributed by atoms with Gasteiger partial charge in [0.1, 0.15) is 0 Å². The van der Waals surface area contributed by atoms with Crippen molar-refractivity contribution in [3.63, 3.8) is 0 Å². The molecule has 0 radical (unpaired) electrons. The summed E-state index contributed by atoms with van der Waals surface area (Å²) in [5.74, 6) is 0.621. The molecule has 1 heterocycles. The normalized spacial score (nSPS) is 10.2. The third-order valence-corrected chi connectivity index (χ3v) is 2.50. The van der Waals surface area contributed by atoms with Crippen LogP contribution in [0.5, 0.6) is 0 Å². The van der Waals surface area contributed by atoms with E-state index in [0.29, 0.717) is 19.0 Å². The second kappa shape index (κ2) is 5.41. The Balaban J connectivity index is 2.30. The molecule has 0 saturated heterocycles. The van der Waals surface area contributed by atoms with Crippen molar-refractivity contribution in [1.29, 1.82) is 0 Å². The van der Waals surface area contributed by atoms with Gasteiger partial charge in [-0.15, -0.1) is 0 Å². The SMILES string of the molecule is Cc1ccccc1-c1ccnc(NCCN)n1. The molecule has 0 aliphatic rings. The van der Waals surface area contributed by atoms with Crippen molar-refractivity contribution >= 4 is 5.95 Å². The van der Waals surface area contributed by atoms with Crippen LogP contribution in [-0.2, 0) is 0 Å². The summed E-state index contributed by atoms with van der Waals surface area (Å²) in [5, 5.41) is 3.08. The van der Waals surface area contributed by atoms with E-state index in [4.69, 9.17) is 5.73 Å². The molecule has 17 heavy (non-hydrogen) atoms. The summed E-state index contributed by atoms with van der Waals surface area (Å²) in [5.41, 5.74) is 8.69. The van der Waals surface area contributed by atoms with Crippen LogP contribution in [0.3, 0.4) is 0 Å². The molecule has 0 aliphatic heterocycles. The third kappa shape index (κ3) is 2.79. The predicted molar refractivity (Wildman–Crippen MR) is 69.7 cm³/mol. The largest absolute Gasteiger partial charge is 0.353 e. The average Bonchev–Trinajstić information content (AvgIpc) is 2.37. The van der Waals surface area contributed by atoms with Gasteiger partial charge in [-0.05, 0) is 18.6 Å². The molecule has 1 aromatic heterocycles. The molecule has 4 heteroatoms. The van der Waals surface area contributed by atoms with Crippen LogP contribution >= 0.6 is 0 Å². The van der Waals surface area contributed by atoms with Crippen LogP contribution < -0.4 is 11.1 Å². The van der Waals surface area contributed by atoms with Gasteiger partial charge in [-0.25, -0.2) is 9.97 Å². The third-order valence-electron chi connectivity index (χ3n) is 2.50. The number of nitrogens with zero attached hydrogens (tertiary/aromatic N) is 2. The Morgan fingerprint density at radius 1 is 1.24 bits per heavy atom. The summed E-state index contributed by atoms with van der Waals surface area (Å²) in [6.07, 6.45) is 1.76. The van der Waals surface area contributed by atoms with Gasteiger partial charge in [-0.3, -0.25) is 0 Å². The summed E-state index contributed by atoms with van der Waals surface area (Å²) in [6, 6.07) is 10.1. The van der Waals surface area contributed by atoms with Gasteiger partial charge in [-0.2, -0.15) is 0 Å². The van der Waals surface area contributed by atoms with E-state index in [1.807, 2.05) is 18.2 Å². The molecule has 0 spiro atoms. The zero-order valence-electron chi connectivity index (χ0n) is 9.85. The van der Waals surface area contributed by atoms with E-state index in [1.165, 1.54) is 5.56 Å². The highest BCUT2D eigenvalue weighted by molar-refractivity contribution is 5.63. The van der Waals surface area contributed by atoms with Crippen LogP contribution in [0.1, 0.15) is 5.56 Å². The van der Waals surface area contributed by atoms with E-state index in [0.717, 1.165) is 11.3 Å². The van der Waals surface area contributed by atoms with Gasteiger partial charge in [0.05, 0.1) is 5.69 Å². The summed E-state index contributed by atoms with van der Waals surface area (Å²) >= 11 is 0. The maximum Gasteiger partial charge on any atom is 0.223 e. The molecule has 0 bridgehead atoms. The molecule has 0 unspecified atom stereocenters. The fourth-order valence-corrected chi connectivity index (χ4v) is 1.64. The number of hydrogen-bond acceptors (Lipinski definition) is 4. The molecule has 0 saturated carbocycles. The minimum absolute atomic E-state index is 0.567. The maximum absolute atomic E-state index is 5.43. The van der Waals surface area contributed by atoms with E-state index in [2.05, 4.69) is 34.3 Å². The fraction of sp³-hybridized carbons (Fsp3) is 0.231. The molecule has 0 amide bonds. The van der Waals surface area contributed by atoms with Crippen LogP contribution in [0, 0.1) is 6.92 Å². The quantitative estimate of drug-likeness (QED) is 0.838. The standard InChI is InChI=1S/C13H16N4/c1-10-4-2-3-5-11(10)12-6-8-15-13(17-12)16-9-7-14/h2-6,8H,7,9,14H2,1H3,(H,15,16,17). The lowest BCUT2D eigenvalue weighted by Gasteiger charge is -2.07. The van der Waals surface area contributed by atoms with Gasteiger partial charge >= 0.3 is 0 Å². The summed E-state index contributed by atoms with van der Waals surface area (Å²) in [6.45, 7) is 3.32. The number of anilines is 1. The van der Waals surface area contributed by atoms with E-state index >= 15 is 0 Å². The van der Waals surface area contributed by atoms with Gasteiger partial charge in [0.2, 0.25) is 5.95 Å². The lowest BCUT2D eigenvalue weighted by Crippen LogP contribution is -2.14. The molecule has 0 atom stereocenters. The van der Waals surface area contributed by atoms with Crippen molar-refractivity contribution < 1.29 is 0 Å². The first-order valence-electron chi connectivity index (χ1n) is 5.64. The molecule has 3 N–H and O–H groups in total. The molecule has 2 rings (SSSR count). The minimum Gasteiger partial charge on any atom is -0.353 e. The topological polar surface area (TPSA) is 63.8 Å². The summed E-state index contributed by atoms with van der Waals surface area (Å²) in [7, 11) is 0. The highest BCUT2D eigenvalue weighted by Crippen LogP contribution is 2.21. The second-order valence-electron chi connectivity index (χ2n) is 3.80. The molecule has 0 aliphatic carbocycles. The van der Waals surface area contributed by atoms with Gasteiger partial charge < -0.3 is 11.1 Å². The summed E-state index contributed by atoms with van der Waals surface area (Å²) < 4.78 is 0. The van der Waals surface area contributed by atoms with Crippen LogP contribution in [0.2, 0.25) is 0 Å². The Kier molecular flexibility index (Phi) is 3.67.